The van der Waals surface area contributed by atoms with Gasteiger partial charge in [-0.3, -0.25) is 14.5 Å². The number of hydrogen-bond donors (Lipinski definition) is 1. The number of ether oxygens (including phenoxy) is 1. The minimum absolute atomic E-state index is 0.0138. The Kier molecular flexibility index (Phi) is 4.67. The van der Waals surface area contributed by atoms with Crippen LogP contribution in [-0.2, 0) is 9.53 Å². The van der Waals surface area contributed by atoms with E-state index in [0.29, 0.717) is 5.92 Å². The fourth-order valence-electron chi connectivity index (χ4n) is 3.91. The second kappa shape index (κ2) is 6.59. The van der Waals surface area contributed by atoms with Crippen LogP contribution in [0.1, 0.15) is 57.0 Å². The highest BCUT2D eigenvalue weighted by atomic mass is 16.5. The molecule has 2 aliphatic rings. The van der Waals surface area contributed by atoms with E-state index >= 15 is 0 Å². The van der Waals surface area contributed by atoms with Gasteiger partial charge in [0.05, 0.1) is 12.9 Å². The van der Waals surface area contributed by atoms with Gasteiger partial charge in [-0.1, -0.05) is 13.3 Å². The molecule has 1 saturated heterocycles. The van der Waals surface area contributed by atoms with Crippen LogP contribution in [0.25, 0.3) is 0 Å². The molecule has 0 unspecified atom stereocenters. The maximum Gasteiger partial charge on any atom is 0.292 e. The van der Waals surface area contributed by atoms with Crippen LogP contribution in [-0.4, -0.2) is 41.1 Å². The minimum atomic E-state index is -0.694. The lowest BCUT2D eigenvalue weighted by atomic mass is 9.83. The molecule has 1 aromatic heterocycles. The van der Waals surface area contributed by atoms with E-state index in [1.807, 2.05) is 13.8 Å². The summed E-state index contributed by atoms with van der Waals surface area (Å²) in [6.07, 6.45) is 5.10. The quantitative estimate of drug-likeness (QED) is 0.922. The van der Waals surface area contributed by atoms with Crippen molar-refractivity contribution >= 4 is 11.8 Å². The Bertz CT molecular complexity index is 598. The topological polar surface area (TPSA) is 71.8 Å². The van der Waals surface area contributed by atoms with Crippen LogP contribution in [0.5, 0.6) is 0 Å². The zero-order chi connectivity index (χ0) is 17.3. The molecule has 1 aliphatic heterocycles. The summed E-state index contributed by atoms with van der Waals surface area (Å²) in [4.78, 5) is 27.3. The van der Waals surface area contributed by atoms with Gasteiger partial charge in [-0.25, -0.2) is 0 Å². The summed E-state index contributed by atoms with van der Waals surface area (Å²) in [5, 5.41) is 2.90. The van der Waals surface area contributed by atoms with Gasteiger partial charge in [0.25, 0.3) is 5.91 Å². The van der Waals surface area contributed by atoms with Gasteiger partial charge in [0.1, 0.15) is 11.8 Å². The van der Waals surface area contributed by atoms with Gasteiger partial charge in [0, 0.05) is 6.04 Å². The molecule has 3 atom stereocenters. The highest BCUT2D eigenvalue weighted by molar-refractivity contribution is 5.96. The fourth-order valence-corrected chi connectivity index (χ4v) is 3.91. The summed E-state index contributed by atoms with van der Waals surface area (Å²) in [7, 11) is 0. The third-order valence-electron chi connectivity index (χ3n) is 4.88. The molecule has 132 valence electrons. The Balaban J connectivity index is 1.92. The molecular formula is C18H26N2O4. The molecule has 2 heterocycles. The van der Waals surface area contributed by atoms with Crippen LogP contribution in [0.2, 0.25) is 0 Å². The van der Waals surface area contributed by atoms with Crippen LogP contribution < -0.4 is 5.32 Å². The number of furan rings is 1. The lowest BCUT2D eigenvalue weighted by Gasteiger charge is -2.43. The SMILES string of the molecule is CC(C)NC(=O)[C@@H]1CO[C@]2(CCC[C@@H](C)C2)N1C(=O)c1ccco1. The third kappa shape index (κ3) is 3.07. The van der Waals surface area contributed by atoms with Gasteiger partial charge >= 0.3 is 0 Å². The van der Waals surface area contributed by atoms with E-state index in [2.05, 4.69) is 12.2 Å². The van der Waals surface area contributed by atoms with E-state index in [1.54, 1.807) is 17.0 Å². The molecule has 0 radical (unpaired) electrons. The van der Waals surface area contributed by atoms with Crippen molar-refractivity contribution in [1.29, 1.82) is 0 Å². The Morgan fingerprint density at radius 3 is 2.83 bits per heavy atom. The van der Waals surface area contributed by atoms with Crippen molar-refractivity contribution in [2.24, 2.45) is 5.92 Å². The summed E-state index contributed by atoms with van der Waals surface area (Å²) >= 11 is 0. The summed E-state index contributed by atoms with van der Waals surface area (Å²) < 4.78 is 11.4. The van der Waals surface area contributed by atoms with Gasteiger partial charge in [-0.05, 0) is 51.2 Å². The lowest BCUT2D eigenvalue weighted by Crippen LogP contribution is -2.57. The first-order valence-electron chi connectivity index (χ1n) is 8.74. The molecule has 6 nitrogen and oxygen atoms in total. The molecule has 0 aromatic carbocycles. The van der Waals surface area contributed by atoms with Crippen LogP contribution in [0, 0.1) is 5.92 Å². The molecule has 1 N–H and O–H groups in total. The molecule has 6 heteroatoms. The summed E-state index contributed by atoms with van der Waals surface area (Å²) in [5.41, 5.74) is -0.694. The Labute approximate surface area is 142 Å². The van der Waals surface area contributed by atoms with E-state index < -0.39 is 11.8 Å². The fraction of sp³-hybridized carbons (Fsp3) is 0.667. The molecule has 1 aromatic rings. The van der Waals surface area contributed by atoms with Crippen molar-refractivity contribution in [3.8, 4) is 0 Å². The predicted molar refractivity (Wildman–Crippen MR) is 88.3 cm³/mol. The van der Waals surface area contributed by atoms with Gasteiger partial charge in [-0.15, -0.1) is 0 Å². The molecule has 24 heavy (non-hydrogen) atoms. The largest absolute Gasteiger partial charge is 0.459 e. The van der Waals surface area contributed by atoms with E-state index in [9.17, 15) is 9.59 Å². The Morgan fingerprint density at radius 1 is 1.42 bits per heavy atom. The summed E-state index contributed by atoms with van der Waals surface area (Å²) in [6.45, 7) is 6.22. The molecule has 3 rings (SSSR count). The first-order chi connectivity index (χ1) is 11.4. The van der Waals surface area contributed by atoms with Crippen molar-refractivity contribution in [1.82, 2.24) is 10.2 Å². The molecule has 1 spiro atoms. The highest BCUT2D eigenvalue weighted by Crippen LogP contribution is 2.43. The second-order valence-electron chi connectivity index (χ2n) is 7.29. The molecule has 0 bridgehead atoms. The average Bonchev–Trinajstić information content (AvgIpc) is 3.14. The average molecular weight is 334 g/mol. The van der Waals surface area contributed by atoms with Gasteiger partial charge < -0.3 is 14.5 Å². The monoisotopic (exact) mass is 334 g/mol. The highest BCUT2D eigenvalue weighted by Gasteiger charge is 2.54. The number of hydrogen-bond acceptors (Lipinski definition) is 4. The van der Waals surface area contributed by atoms with Crippen LogP contribution in [0.15, 0.2) is 22.8 Å². The van der Waals surface area contributed by atoms with E-state index in [1.165, 1.54) is 6.26 Å². The number of carbonyl (C=O) groups excluding carboxylic acids is 2. The summed E-state index contributed by atoms with van der Waals surface area (Å²) in [5.74, 6) is 0.272. The van der Waals surface area contributed by atoms with Gasteiger partial charge in [0.15, 0.2) is 5.76 Å². The van der Waals surface area contributed by atoms with Crippen molar-refractivity contribution < 1.29 is 18.7 Å². The summed E-state index contributed by atoms with van der Waals surface area (Å²) in [6, 6.07) is 2.72. The minimum Gasteiger partial charge on any atom is -0.459 e. The first-order valence-corrected chi connectivity index (χ1v) is 8.74. The van der Waals surface area contributed by atoms with E-state index in [-0.39, 0.29) is 30.2 Å². The zero-order valence-electron chi connectivity index (χ0n) is 14.6. The number of nitrogens with one attached hydrogen (secondary N) is 1. The van der Waals surface area contributed by atoms with Gasteiger partial charge in [0.2, 0.25) is 5.91 Å². The third-order valence-corrected chi connectivity index (χ3v) is 4.88. The standard InChI is InChI=1S/C18H26N2O4/c1-12(2)19-16(21)14-11-24-18(8-4-6-13(3)10-18)20(14)17(22)15-7-5-9-23-15/h5,7,9,12-14H,4,6,8,10-11H2,1-3H3,(H,19,21)/t13-,14+,18+/m1/s1. The van der Waals surface area contributed by atoms with Crippen molar-refractivity contribution in [3.63, 3.8) is 0 Å². The number of carbonyl (C=O) groups is 2. The second-order valence-corrected chi connectivity index (χ2v) is 7.29. The number of nitrogens with zero attached hydrogens (tertiary/aromatic N) is 1. The number of rotatable bonds is 3. The van der Waals surface area contributed by atoms with Crippen molar-refractivity contribution in [3.05, 3.63) is 24.2 Å². The van der Waals surface area contributed by atoms with Crippen LogP contribution in [0.4, 0.5) is 0 Å². The van der Waals surface area contributed by atoms with E-state index in [4.69, 9.17) is 9.15 Å². The normalized spacial score (nSPS) is 30.1. The Hall–Kier alpha value is -1.82. The van der Waals surface area contributed by atoms with Gasteiger partial charge in [-0.2, -0.15) is 0 Å². The maximum absolute atomic E-state index is 13.1. The van der Waals surface area contributed by atoms with Crippen LogP contribution >= 0.6 is 0 Å². The smallest absolute Gasteiger partial charge is 0.292 e. The van der Waals surface area contributed by atoms with Crippen LogP contribution in [0.3, 0.4) is 0 Å². The first kappa shape index (κ1) is 17.0. The van der Waals surface area contributed by atoms with Crippen molar-refractivity contribution in [2.75, 3.05) is 6.61 Å². The predicted octanol–water partition coefficient (Wildman–Crippen LogP) is 2.55. The molecule has 1 aliphatic carbocycles. The number of amides is 2. The molecule has 2 fully saturated rings. The maximum atomic E-state index is 13.1. The van der Waals surface area contributed by atoms with Crippen molar-refractivity contribution in [2.45, 2.75) is 64.3 Å². The Morgan fingerprint density at radius 2 is 2.21 bits per heavy atom. The zero-order valence-corrected chi connectivity index (χ0v) is 14.6. The molecule has 1 saturated carbocycles. The lowest BCUT2D eigenvalue weighted by molar-refractivity contribution is -0.129. The van der Waals surface area contributed by atoms with E-state index in [0.717, 1.165) is 25.7 Å². The molecular weight excluding hydrogens is 308 g/mol. The molecule has 2 amide bonds.